The number of carbonyl (C=O) groups excluding carboxylic acids is 2. The molecule has 0 unspecified atom stereocenters. The zero-order valence-corrected chi connectivity index (χ0v) is 18.0. The van der Waals surface area contributed by atoms with Crippen LogP contribution in [0.5, 0.6) is 5.75 Å². The van der Waals surface area contributed by atoms with Gasteiger partial charge in [-0.15, -0.1) is 0 Å². The van der Waals surface area contributed by atoms with Crippen molar-refractivity contribution in [2.45, 2.75) is 13.8 Å². The van der Waals surface area contributed by atoms with Gasteiger partial charge in [0.1, 0.15) is 11.6 Å². The van der Waals surface area contributed by atoms with Crippen LogP contribution in [0.3, 0.4) is 0 Å². The van der Waals surface area contributed by atoms with Crippen molar-refractivity contribution < 1.29 is 23.2 Å². The Labute approximate surface area is 188 Å². The molecule has 168 valence electrons. The summed E-state index contributed by atoms with van der Waals surface area (Å²) in [5.41, 5.74) is 2.60. The zero-order chi connectivity index (χ0) is 23.4. The highest BCUT2D eigenvalue weighted by atomic mass is 19.1. The number of hydrogen-bond donors (Lipinski definition) is 2. The minimum atomic E-state index is -0.405. The van der Waals surface area contributed by atoms with Gasteiger partial charge >= 0.3 is 0 Å². The topological polar surface area (TPSA) is 106 Å². The predicted molar refractivity (Wildman–Crippen MR) is 121 cm³/mol. The van der Waals surface area contributed by atoms with Gasteiger partial charge in [-0.1, -0.05) is 11.2 Å². The fourth-order valence-corrected chi connectivity index (χ4v) is 3.30. The standard InChI is InChI=1S/C24H21FN4O4/c1-3-26-21(30)13-32-18-6-4-5-17(11-18)27-23(31)19-12-20(15-7-9-16(25)10-8-15)28-24-22(19)14(2)29-33-24/h4-12H,3,13H2,1-2H3,(H,26,30)(H,27,31). The van der Waals surface area contributed by atoms with E-state index in [0.29, 0.717) is 45.9 Å². The number of benzene rings is 2. The average molecular weight is 448 g/mol. The minimum Gasteiger partial charge on any atom is -0.484 e. The number of nitrogens with zero attached hydrogens (tertiary/aromatic N) is 2. The number of amides is 2. The number of hydrogen-bond acceptors (Lipinski definition) is 6. The second-order valence-corrected chi connectivity index (χ2v) is 7.23. The Bertz CT molecular complexity index is 1320. The molecule has 0 fully saturated rings. The quantitative estimate of drug-likeness (QED) is 0.441. The summed E-state index contributed by atoms with van der Waals surface area (Å²) >= 11 is 0. The van der Waals surface area contributed by atoms with Crippen LogP contribution < -0.4 is 15.4 Å². The fourth-order valence-electron chi connectivity index (χ4n) is 3.30. The number of nitrogens with one attached hydrogen (secondary N) is 2. The lowest BCUT2D eigenvalue weighted by atomic mass is 10.0. The first-order valence-corrected chi connectivity index (χ1v) is 10.3. The number of fused-ring (bicyclic) bond motifs is 1. The van der Waals surface area contributed by atoms with E-state index in [1.54, 1.807) is 49.4 Å². The maximum absolute atomic E-state index is 13.3. The van der Waals surface area contributed by atoms with E-state index in [-0.39, 0.29) is 24.0 Å². The van der Waals surface area contributed by atoms with E-state index in [4.69, 9.17) is 9.26 Å². The molecule has 0 spiro atoms. The van der Waals surface area contributed by atoms with Gasteiger partial charge in [0.2, 0.25) is 0 Å². The molecule has 0 radical (unpaired) electrons. The van der Waals surface area contributed by atoms with Gasteiger partial charge in [-0.2, -0.15) is 0 Å². The Morgan fingerprint density at radius 3 is 2.67 bits per heavy atom. The van der Waals surface area contributed by atoms with Crippen LogP contribution in [0.1, 0.15) is 23.0 Å². The molecular weight excluding hydrogens is 427 g/mol. The van der Waals surface area contributed by atoms with Gasteiger partial charge in [0.25, 0.3) is 17.5 Å². The Balaban J connectivity index is 1.62. The molecule has 33 heavy (non-hydrogen) atoms. The number of halogens is 1. The summed E-state index contributed by atoms with van der Waals surface area (Å²) in [6.45, 7) is 3.93. The average Bonchev–Trinajstić information content (AvgIpc) is 3.19. The van der Waals surface area contributed by atoms with Crippen molar-refractivity contribution in [2.24, 2.45) is 0 Å². The molecule has 2 aromatic carbocycles. The molecule has 0 aliphatic carbocycles. The van der Waals surface area contributed by atoms with Gasteiger partial charge in [0.15, 0.2) is 6.61 Å². The normalized spacial score (nSPS) is 10.8. The third-order valence-electron chi connectivity index (χ3n) is 4.84. The molecule has 0 bridgehead atoms. The smallest absolute Gasteiger partial charge is 0.259 e. The van der Waals surface area contributed by atoms with Gasteiger partial charge < -0.3 is 19.9 Å². The van der Waals surface area contributed by atoms with Gasteiger partial charge in [0, 0.05) is 23.9 Å². The van der Waals surface area contributed by atoms with Crippen molar-refractivity contribution in [3.05, 3.63) is 71.7 Å². The molecule has 0 aliphatic rings. The highest BCUT2D eigenvalue weighted by Crippen LogP contribution is 2.28. The van der Waals surface area contributed by atoms with E-state index in [0.717, 1.165) is 0 Å². The molecule has 0 saturated heterocycles. The molecule has 2 aromatic heterocycles. The summed E-state index contributed by atoms with van der Waals surface area (Å²) in [5.74, 6) is -0.574. The van der Waals surface area contributed by atoms with Crippen molar-refractivity contribution in [2.75, 3.05) is 18.5 Å². The van der Waals surface area contributed by atoms with Crippen LogP contribution in [-0.2, 0) is 4.79 Å². The molecule has 4 rings (SSSR count). The molecule has 0 atom stereocenters. The van der Waals surface area contributed by atoms with Crippen LogP contribution in [0.4, 0.5) is 10.1 Å². The van der Waals surface area contributed by atoms with Gasteiger partial charge in [-0.3, -0.25) is 9.59 Å². The van der Waals surface area contributed by atoms with Crippen molar-refractivity contribution >= 4 is 28.6 Å². The largest absolute Gasteiger partial charge is 0.484 e. The lowest BCUT2D eigenvalue weighted by Crippen LogP contribution is -2.28. The second kappa shape index (κ2) is 9.47. The molecule has 2 heterocycles. The summed E-state index contributed by atoms with van der Waals surface area (Å²) in [4.78, 5) is 29.2. The van der Waals surface area contributed by atoms with E-state index < -0.39 is 5.91 Å². The fraction of sp³-hybridized carbons (Fsp3) is 0.167. The molecule has 2 N–H and O–H groups in total. The minimum absolute atomic E-state index is 0.128. The van der Waals surface area contributed by atoms with Crippen LogP contribution in [0.25, 0.3) is 22.4 Å². The number of ether oxygens (including phenoxy) is 1. The number of anilines is 1. The van der Waals surface area contributed by atoms with Crippen LogP contribution in [0.2, 0.25) is 0 Å². The van der Waals surface area contributed by atoms with E-state index in [9.17, 15) is 14.0 Å². The van der Waals surface area contributed by atoms with Gasteiger partial charge in [-0.05, 0) is 56.3 Å². The van der Waals surface area contributed by atoms with Crippen LogP contribution in [0, 0.1) is 12.7 Å². The summed E-state index contributed by atoms with van der Waals surface area (Å²) in [6, 6.07) is 14.1. The monoisotopic (exact) mass is 448 g/mol. The van der Waals surface area contributed by atoms with Crippen molar-refractivity contribution in [1.29, 1.82) is 0 Å². The van der Waals surface area contributed by atoms with E-state index in [1.807, 2.05) is 6.92 Å². The van der Waals surface area contributed by atoms with Crippen LogP contribution in [0.15, 0.2) is 59.1 Å². The maximum Gasteiger partial charge on any atom is 0.259 e. The number of rotatable bonds is 7. The molecular formula is C24H21FN4O4. The van der Waals surface area contributed by atoms with Gasteiger partial charge in [0.05, 0.1) is 22.3 Å². The molecule has 2 amide bonds. The number of likely N-dealkylation sites (N-methyl/N-ethyl adjacent to an activating group) is 1. The van der Waals surface area contributed by atoms with Crippen molar-refractivity contribution in [3.8, 4) is 17.0 Å². The number of aromatic nitrogens is 2. The van der Waals surface area contributed by atoms with Crippen LogP contribution in [-0.4, -0.2) is 35.1 Å². The number of pyridine rings is 1. The SMILES string of the molecule is CCNC(=O)COc1cccc(NC(=O)c2cc(-c3ccc(F)cc3)nc3onc(C)c23)c1. The first-order chi connectivity index (χ1) is 15.9. The number of carbonyl (C=O) groups is 2. The molecule has 0 aliphatic heterocycles. The summed E-state index contributed by atoms with van der Waals surface area (Å²) < 4.78 is 24.1. The Kier molecular flexibility index (Phi) is 6.30. The Morgan fingerprint density at radius 1 is 1.12 bits per heavy atom. The first kappa shape index (κ1) is 21.9. The van der Waals surface area contributed by atoms with E-state index in [2.05, 4.69) is 20.8 Å². The van der Waals surface area contributed by atoms with E-state index >= 15 is 0 Å². The third kappa shape index (κ3) is 4.98. The lowest BCUT2D eigenvalue weighted by Gasteiger charge is -2.10. The molecule has 4 aromatic rings. The lowest BCUT2D eigenvalue weighted by molar-refractivity contribution is -0.122. The Hall–Kier alpha value is -4.27. The first-order valence-electron chi connectivity index (χ1n) is 10.3. The van der Waals surface area contributed by atoms with Crippen molar-refractivity contribution in [3.63, 3.8) is 0 Å². The summed E-state index contributed by atoms with van der Waals surface area (Å²) in [6.07, 6.45) is 0. The number of aryl methyl sites for hydroxylation is 1. The second-order valence-electron chi connectivity index (χ2n) is 7.23. The Morgan fingerprint density at radius 2 is 1.91 bits per heavy atom. The highest BCUT2D eigenvalue weighted by molar-refractivity contribution is 6.13. The van der Waals surface area contributed by atoms with E-state index in [1.165, 1.54) is 12.1 Å². The summed E-state index contributed by atoms with van der Waals surface area (Å²) in [7, 11) is 0. The molecule has 0 saturated carbocycles. The third-order valence-corrected chi connectivity index (χ3v) is 4.84. The maximum atomic E-state index is 13.3. The van der Waals surface area contributed by atoms with Crippen molar-refractivity contribution in [1.82, 2.24) is 15.5 Å². The summed E-state index contributed by atoms with van der Waals surface area (Å²) in [5, 5.41) is 9.90. The highest BCUT2D eigenvalue weighted by Gasteiger charge is 2.20. The van der Waals surface area contributed by atoms with Gasteiger partial charge in [-0.25, -0.2) is 9.37 Å². The predicted octanol–water partition coefficient (Wildman–Crippen LogP) is 4.10. The molecule has 8 nitrogen and oxygen atoms in total. The van der Waals surface area contributed by atoms with Crippen LogP contribution >= 0.6 is 0 Å². The molecule has 9 heteroatoms. The zero-order valence-electron chi connectivity index (χ0n) is 18.0.